The maximum absolute atomic E-state index is 13.3. The highest BCUT2D eigenvalue weighted by Gasteiger charge is 2.28. The van der Waals surface area contributed by atoms with E-state index in [9.17, 15) is 9.59 Å². The average molecular weight is 467 g/mol. The summed E-state index contributed by atoms with van der Waals surface area (Å²) in [5.41, 5.74) is 3.50. The number of methoxy groups -OCH3 is 3. The molecule has 1 amide bonds. The first-order valence-electron chi connectivity index (χ1n) is 11.4. The normalized spacial score (nSPS) is 14.2. The summed E-state index contributed by atoms with van der Waals surface area (Å²) in [7, 11) is 4.82. The number of hydrogen-bond donors (Lipinski definition) is 0. The highest BCUT2D eigenvalue weighted by Crippen LogP contribution is 2.31. The number of hydrogen-bond acceptors (Lipinski definition) is 6. The van der Waals surface area contributed by atoms with Crippen LogP contribution >= 0.6 is 0 Å². The van der Waals surface area contributed by atoms with E-state index >= 15 is 0 Å². The van der Waals surface area contributed by atoms with Crippen LogP contribution in [-0.4, -0.2) is 75.5 Å². The van der Waals surface area contributed by atoms with Crippen molar-refractivity contribution in [3.05, 3.63) is 64.7 Å². The van der Waals surface area contributed by atoms with E-state index in [0.717, 1.165) is 29.0 Å². The fourth-order valence-corrected chi connectivity index (χ4v) is 4.15. The van der Waals surface area contributed by atoms with Crippen molar-refractivity contribution in [2.45, 2.75) is 32.2 Å². The molecule has 2 aromatic rings. The van der Waals surface area contributed by atoms with Crippen LogP contribution in [0.2, 0.25) is 0 Å². The van der Waals surface area contributed by atoms with E-state index in [-0.39, 0.29) is 23.7 Å². The molecule has 0 bridgehead atoms. The maximum atomic E-state index is 13.3. The van der Waals surface area contributed by atoms with Gasteiger partial charge >= 0.3 is 0 Å². The van der Waals surface area contributed by atoms with Crippen LogP contribution < -0.4 is 4.74 Å². The summed E-state index contributed by atoms with van der Waals surface area (Å²) >= 11 is 0. The van der Waals surface area contributed by atoms with Crippen molar-refractivity contribution < 1.29 is 23.8 Å². The number of carbonyl (C=O) groups is 2. The lowest BCUT2D eigenvalue weighted by Crippen LogP contribution is -2.36. The number of aliphatic imine (C=N–C) groups is 1. The largest absolute Gasteiger partial charge is 0.497 e. The Morgan fingerprint density at radius 3 is 2.29 bits per heavy atom. The van der Waals surface area contributed by atoms with Gasteiger partial charge in [0.2, 0.25) is 0 Å². The molecule has 7 nitrogen and oxygen atoms in total. The van der Waals surface area contributed by atoms with Gasteiger partial charge in [0, 0.05) is 44.0 Å². The van der Waals surface area contributed by atoms with Crippen LogP contribution in [-0.2, 0) is 15.9 Å². The zero-order chi connectivity index (χ0) is 24.7. The molecular weight excluding hydrogens is 432 g/mol. The topological polar surface area (TPSA) is 77.4 Å². The van der Waals surface area contributed by atoms with Gasteiger partial charge in [0.25, 0.3) is 5.91 Å². The Bertz CT molecular complexity index is 1050. The molecule has 1 aliphatic rings. The Kier molecular flexibility index (Phi) is 8.58. The molecule has 182 valence electrons. The second kappa shape index (κ2) is 11.4. The summed E-state index contributed by atoms with van der Waals surface area (Å²) in [4.78, 5) is 33.0. The summed E-state index contributed by atoms with van der Waals surface area (Å²) in [6.45, 7) is 5.87. The van der Waals surface area contributed by atoms with Crippen LogP contribution in [0, 0.1) is 0 Å². The Balaban J connectivity index is 1.84. The first kappa shape index (κ1) is 25.6. The number of ether oxygens (including phenoxy) is 3. The first-order chi connectivity index (χ1) is 16.3. The molecule has 0 fully saturated rings. The summed E-state index contributed by atoms with van der Waals surface area (Å²) in [6.07, 6.45) is 0.949. The number of rotatable bonds is 11. The van der Waals surface area contributed by atoms with Crippen LogP contribution in [0.1, 0.15) is 52.1 Å². The van der Waals surface area contributed by atoms with Crippen molar-refractivity contribution in [1.82, 2.24) is 4.90 Å². The van der Waals surface area contributed by atoms with Gasteiger partial charge in [0.15, 0.2) is 5.78 Å². The zero-order valence-electron chi connectivity index (χ0n) is 20.7. The van der Waals surface area contributed by atoms with Gasteiger partial charge in [-0.3, -0.25) is 14.6 Å². The fraction of sp³-hybridized carbons (Fsp3) is 0.444. The van der Waals surface area contributed by atoms with E-state index < -0.39 is 0 Å². The molecule has 0 aliphatic carbocycles. The van der Waals surface area contributed by atoms with Crippen LogP contribution in [0.3, 0.4) is 0 Å². The lowest BCUT2D eigenvalue weighted by molar-refractivity contribution is 0.0627. The summed E-state index contributed by atoms with van der Waals surface area (Å²) < 4.78 is 15.7. The van der Waals surface area contributed by atoms with E-state index in [0.29, 0.717) is 37.4 Å². The predicted molar refractivity (Wildman–Crippen MR) is 132 cm³/mol. The molecule has 34 heavy (non-hydrogen) atoms. The molecule has 0 N–H and O–H groups in total. The van der Waals surface area contributed by atoms with Crippen LogP contribution in [0.25, 0.3) is 0 Å². The van der Waals surface area contributed by atoms with Crippen molar-refractivity contribution in [2.75, 3.05) is 47.6 Å². The summed E-state index contributed by atoms with van der Waals surface area (Å²) in [6, 6.07) is 12.8. The number of Topliss-reactive ketones (excluding diaryl/α,β-unsaturated/α-hetero) is 1. The molecule has 0 unspecified atom stereocenters. The molecule has 0 radical (unpaired) electrons. The molecule has 0 saturated heterocycles. The summed E-state index contributed by atoms with van der Waals surface area (Å²) in [5, 5.41) is 0. The minimum atomic E-state index is -0.293. The van der Waals surface area contributed by atoms with Gasteiger partial charge in [-0.2, -0.15) is 0 Å². The number of amides is 1. The van der Waals surface area contributed by atoms with E-state index in [1.54, 1.807) is 50.5 Å². The number of carbonyl (C=O) groups excluding carboxylic acids is 2. The average Bonchev–Trinajstić information content (AvgIpc) is 2.83. The van der Waals surface area contributed by atoms with E-state index in [2.05, 4.69) is 13.8 Å². The van der Waals surface area contributed by atoms with Crippen LogP contribution in [0.15, 0.2) is 47.5 Å². The van der Waals surface area contributed by atoms with E-state index in [1.807, 2.05) is 18.2 Å². The van der Waals surface area contributed by atoms with Gasteiger partial charge in [0.1, 0.15) is 5.75 Å². The van der Waals surface area contributed by atoms with Crippen LogP contribution in [0.4, 0.5) is 0 Å². The fourth-order valence-electron chi connectivity index (χ4n) is 4.15. The third-order valence-electron chi connectivity index (χ3n) is 5.87. The minimum Gasteiger partial charge on any atom is -0.497 e. The first-order valence-corrected chi connectivity index (χ1v) is 11.4. The van der Waals surface area contributed by atoms with E-state index in [4.69, 9.17) is 19.2 Å². The molecule has 1 heterocycles. The molecule has 0 aromatic heterocycles. The smallest absolute Gasteiger partial charge is 0.254 e. The van der Waals surface area contributed by atoms with Crippen molar-refractivity contribution >= 4 is 17.4 Å². The van der Waals surface area contributed by atoms with Gasteiger partial charge in [0.05, 0.1) is 38.0 Å². The van der Waals surface area contributed by atoms with Gasteiger partial charge < -0.3 is 19.1 Å². The van der Waals surface area contributed by atoms with E-state index in [1.165, 1.54) is 0 Å². The predicted octanol–water partition coefficient (Wildman–Crippen LogP) is 3.83. The van der Waals surface area contributed by atoms with Crippen molar-refractivity contribution in [1.29, 1.82) is 0 Å². The Hall–Kier alpha value is -3.03. The molecule has 0 atom stereocenters. The second-order valence-corrected chi connectivity index (χ2v) is 9.03. The van der Waals surface area contributed by atoms with Gasteiger partial charge in [-0.25, -0.2) is 0 Å². The van der Waals surface area contributed by atoms with Crippen LogP contribution in [0.5, 0.6) is 5.75 Å². The van der Waals surface area contributed by atoms with Gasteiger partial charge in [-0.15, -0.1) is 0 Å². The van der Waals surface area contributed by atoms with Gasteiger partial charge in [-0.1, -0.05) is 18.2 Å². The summed E-state index contributed by atoms with van der Waals surface area (Å²) in [5.74, 6) is 0.494. The third-order valence-corrected chi connectivity index (χ3v) is 5.87. The van der Waals surface area contributed by atoms with Crippen molar-refractivity contribution in [3.63, 3.8) is 0 Å². The molecular formula is C27H34N2O5. The second-order valence-electron chi connectivity index (χ2n) is 9.03. The molecule has 0 saturated carbocycles. The lowest BCUT2D eigenvalue weighted by Gasteiger charge is -2.29. The van der Waals surface area contributed by atoms with Crippen molar-refractivity contribution in [2.24, 2.45) is 4.99 Å². The number of nitrogens with zero attached hydrogens (tertiary/aromatic N) is 2. The molecule has 3 rings (SSSR count). The maximum Gasteiger partial charge on any atom is 0.254 e. The highest BCUT2D eigenvalue weighted by atomic mass is 16.5. The Labute approximate surface area is 201 Å². The Morgan fingerprint density at radius 1 is 0.971 bits per heavy atom. The minimum absolute atomic E-state index is 0.0831. The molecule has 2 aromatic carbocycles. The number of benzene rings is 2. The highest BCUT2D eigenvalue weighted by molar-refractivity contribution is 6.17. The molecule has 7 heteroatoms. The quantitative estimate of drug-likeness (QED) is 0.471. The monoisotopic (exact) mass is 466 g/mol. The number of ketones is 1. The molecule has 0 spiro atoms. The Morgan fingerprint density at radius 2 is 1.65 bits per heavy atom. The number of fused-ring (bicyclic) bond motifs is 1. The third kappa shape index (κ3) is 6.30. The lowest BCUT2D eigenvalue weighted by atomic mass is 9.85. The van der Waals surface area contributed by atoms with Crippen molar-refractivity contribution in [3.8, 4) is 5.75 Å². The standard InChI is InChI=1S/C27H34N2O5/c1-27(2)18-21-9-10-22(34-5)16-23(21)24(28-27)17-25(30)19-7-6-8-20(15-19)26(31)29(11-13-32-3)12-14-33-4/h6-10,15-16H,11-14,17-18H2,1-5H3. The van der Waals surface area contributed by atoms with Gasteiger partial charge in [-0.05, 0) is 50.1 Å². The SMILES string of the molecule is COCCN(CCOC)C(=O)c1cccc(C(=O)CC2=NC(C)(C)Cc3ccc(OC)cc32)c1. The molecule has 1 aliphatic heterocycles. The zero-order valence-corrected chi connectivity index (χ0v) is 20.7.